The number of halogens is 1. The van der Waals surface area contributed by atoms with Crippen LogP contribution in [0.25, 0.3) is 27.8 Å². The fourth-order valence-electron chi connectivity index (χ4n) is 4.46. The Labute approximate surface area is 239 Å². The van der Waals surface area contributed by atoms with Crippen molar-refractivity contribution in [1.82, 2.24) is 19.7 Å². The molecule has 5 rings (SSSR count). The number of aryl methyl sites for hydroxylation is 1. The molecular weight excluding hydrogens is 539 g/mol. The molecule has 0 aliphatic rings. The van der Waals surface area contributed by atoms with Crippen LogP contribution < -0.4 is 5.56 Å². The van der Waals surface area contributed by atoms with Crippen LogP contribution in [0.5, 0.6) is 0 Å². The summed E-state index contributed by atoms with van der Waals surface area (Å²) in [5.41, 5.74) is 2.15. The number of fused-ring (bicyclic) bond motifs is 1. The average Bonchev–Trinajstić information content (AvgIpc) is 3.48. The summed E-state index contributed by atoms with van der Waals surface area (Å²) >= 11 is 0. The topological polar surface area (TPSA) is 131 Å². The van der Waals surface area contributed by atoms with Crippen LogP contribution in [0.3, 0.4) is 0 Å². The molecule has 0 aliphatic carbocycles. The smallest absolute Gasteiger partial charge is 0.303 e. The number of para-hydroxylation sites is 1. The van der Waals surface area contributed by atoms with Crippen molar-refractivity contribution in [1.29, 1.82) is 0 Å². The summed E-state index contributed by atoms with van der Waals surface area (Å²) in [7, 11) is 0. The molecule has 0 aliphatic heterocycles. The number of hydrogen-bond acceptors (Lipinski definition) is 7. The van der Waals surface area contributed by atoms with E-state index in [0.29, 0.717) is 47.7 Å². The van der Waals surface area contributed by atoms with Crippen LogP contribution >= 0.6 is 0 Å². The van der Waals surface area contributed by atoms with Crippen molar-refractivity contribution in [3.8, 4) is 16.9 Å². The van der Waals surface area contributed by atoms with Crippen LogP contribution in [-0.2, 0) is 11.2 Å². The molecule has 5 aromatic rings. The van der Waals surface area contributed by atoms with Crippen molar-refractivity contribution in [2.24, 2.45) is 0 Å². The molecule has 3 heterocycles. The van der Waals surface area contributed by atoms with E-state index in [1.54, 1.807) is 30.3 Å². The molecule has 42 heavy (non-hydrogen) atoms. The van der Waals surface area contributed by atoms with Crippen molar-refractivity contribution in [2.75, 3.05) is 0 Å². The molecule has 212 valence electrons. The monoisotopic (exact) mass is 566 g/mol. The molecule has 3 aromatic heterocycles. The molecule has 0 spiro atoms. The predicted molar refractivity (Wildman–Crippen MR) is 154 cm³/mol. The highest BCUT2D eigenvalue weighted by molar-refractivity contribution is 5.78. The Morgan fingerprint density at radius 2 is 1.76 bits per heavy atom. The van der Waals surface area contributed by atoms with E-state index >= 15 is 0 Å². The largest absolute Gasteiger partial charge is 0.481 e. The molecule has 0 radical (unpaired) electrons. The maximum atomic E-state index is 13.6. The van der Waals surface area contributed by atoms with Gasteiger partial charge in [0.25, 0.3) is 5.56 Å². The minimum absolute atomic E-state index is 0.00449. The molecule has 0 saturated heterocycles. The zero-order valence-corrected chi connectivity index (χ0v) is 22.4. The first kappa shape index (κ1) is 28.3. The summed E-state index contributed by atoms with van der Waals surface area (Å²) in [6, 6.07) is 24.5. The van der Waals surface area contributed by atoms with E-state index in [0.717, 1.165) is 10.9 Å². The lowest BCUT2D eigenvalue weighted by atomic mass is 10.1. The lowest BCUT2D eigenvalue weighted by Crippen LogP contribution is -2.20. The van der Waals surface area contributed by atoms with Gasteiger partial charge in [0.2, 0.25) is 0 Å². The minimum atomic E-state index is -1.14. The first-order valence-electron chi connectivity index (χ1n) is 13.3. The van der Waals surface area contributed by atoms with Gasteiger partial charge in [-0.3, -0.25) is 14.2 Å². The van der Waals surface area contributed by atoms with Gasteiger partial charge in [-0.15, -0.1) is 0 Å². The number of nitrogens with zero attached hydrogens (tertiary/aromatic N) is 4. The van der Waals surface area contributed by atoms with E-state index < -0.39 is 23.4 Å². The summed E-state index contributed by atoms with van der Waals surface area (Å²) in [6.45, 7) is 0. The summed E-state index contributed by atoms with van der Waals surface area (Å²) in [5, 5.41) is 25.0. The van der Waals surface area contributed by atoms with E-state index in [2.05, 4.69) is 15.1 Å². The van der Waals surface area contributed by atoms with Crippen LogP contribution in [0.2, 0.25) is 0 Å². The molecule has 2 N–H and O–H groups in total. The Bertz CT molecular complexity index is 1830. The number of aliphatic carboxylic acids is 1. The van der Waals surface area contributed by atoms with E-state index in [-0.39, 0.29) is 12.2 Å². The third kappa shape index (κ3) is 6.73. The second-order valence-corrected chi connectivity index (χ2v) is 9.54. The third-order valence-corrected chi connectivity index (χ3v) is 6.59. The van der Waals surface area contributed by atoms with E-state index in [1.807, 2.05) is 30.3 Å². The Hall–Kier alpha value is -5.22. The number of carboxylic acid groups (broad SMARTS) is 1. The third-order valence-electron chi connectivity index (χ3n) is 6.59. The Morgan fingerprint density at radius 1 is 0.952 bits per heavy atom. The van der Waals surface area contributed by atoms with Crippen molar-refractivity contribution >= 4 is 16.9 Å². The van der Waals surface area contributed by atoms with Gasteiger partial charge in [0, 0.05) is 42.1 Å². The number of benzene rings is 2. The first-order chi connectivity index (χ1) is 20.4. The number of aliphatic hydroxyl groups excluding tert-OH is 1. The van der Waals surface area contributed by atoms with Crippen LogP contribution in [0.15, 0.2) is 107 Å². The standard InChI is InChI=1S/C32H27FN4O5/c33-23-13-15-24(16-14-23)37-29(9-3-4-11-31(39)40)34-19-18-22(7-5-10-30(37)38)27-20-28(42-36-27)32(41)26-17-12-21-6-1-2-8-25(21)35-26/h1-2,5-8,10,12-20,32,41H,3-4,9,11H2,(H,39,40). The fraction of sp³-hybridized carbons (Fsp3) is 0.156. The average molecular weight is 567 g/mol. The number of unbranched alkanes of at least 4 members (excludes halogenated alkanes) is 1. The van der Waals surface area contributed by atoms with Crippen LogP contribution in [0.1, 0.15) is 42.6 Å². The van der Waals surface area contributed by atoms with Gasteiger partial charge in [0.1, 0.15) is 17.3 Å². The molecule has 0 fully saturated rings. The molecule has 1 atom stereocenters. The zero-order valence-electron chi connectivity index (χ0n) is 22.4. The van der Waals surface area contributed by atoms with E-state index in [1.165, 1.54) is 41.1 Å². The van der Waals surface area contributed by atoms with Crippen LogP contribution in [0.4, 0.5) is 4.39 Å². The van der Waals surface area contributed by atoms with E-state index in [4.69, 9.17) is 9.63 Å². The van der Waals surface area contributed by atoms with Crippen LogP contribution in [-0.4, -0.2) is 35.9 Å². The Balaban J connectivity index is 1.49. The lowest BCUT2D eigenvalue weighted by Gasteiger charge is -2.10. The quantitative estimate of drug-likeness (QED) is 0.221. The first-order valence-corrected chi connectivity index (χ1v) is 13.3. The minimum Gasteiger partial charge on any atom is -0.481 e. The number of hydrogen-bond donors (Lipinski definition) is 2. The summed E-state index contributed by atoms with van der Waals surface area (Å²) in [6.07, 6.45) is 1.56. The number of pyridine rings is 1. The number of aromatic nitrogens is 4. The lowest BCUT2D eigenvalue weighted by molar-refractivity contribution is -0.137. The molecule has 2 aromatic carbocycles. The summed E-state index contributed by atoms with van der Waals surface area (Å²) in [4.78, 5) is 33.3. The van der Waals surface area contributed by atoms with Crippen molar-refractivity contribution in [2.45, 2.75) is 31.8 Å². The normalized spacial score (nSPS) is 11.7. The van der Waals surface area contributed by atoms with Crippen LogP contribution in [0, 0.1) is 5.82 Å². The molecule has 0 amide bonds. The van der Waals surface area contributed by atoms with Gasteiger partial charge in [0.15, 0.2) is 11.9 Å². The number of carbonyl (C=O) groups is 1. The highest BCUT2D eigenvalue weighted by Crippen LogP contribution is 2.26. The molecule has 10 heteroatoms. The summed E-state index contributed by atoms with van der Waals surface area (Å²) in [5.74, 6) is -0.772. The molecular formula is C32H27FN4O5. The van der Waals surface area contributed by atoms with Crippen molar-refractivity contribution in [3.05, 3.63) is 131 Å². The summed E-state index contributed by atoms with van der Waals surface area (Å²) < 4.78 is 20.4. The zero-order chi connectivity index (χ0) is 29.5. The second-order valence-electron chi connectivity index (χ2n) is 9.54. The number of rotatable bonds is 9. The second kappa shape index (κ2) is 13.0. The number of aliphatic hydroxyl groups is 1. The van der Waals surface area contributed by atoms with Crippen molar-refractivity contribution in [3.63, 3.8) is 0 Å². The van der Waals surface area contributed by atoms with Gasteiger partial charge >= 0.3 is 5.97 Å². The maximum absolute atomic E-state index is 13.6. The Morgan fingerprint density at radius 3 is 2.57 bits per heavy atom. The molecule has 9 nitrogen and oxygen atoms in total. The highest BCUT2D eigenvalue weighted by atomic mass is 19.1. The van der Waals surface area contributed by atoms with Gasteiger partial charge in [0.05, 0.1) is 16.9 Å². The van der Waals surface area contributed by atoms with E-state index in [9.17, 15) is 19.1 Å². The predicted octanol–water partition coefficient (Wildman–Crippen LogP) is 5.58. The van der Waals surface area contributed by atoms with Gasteiger partial charge in [-0.2, -0.15) is 0 Å². The van der Waals surface area contributed by atoms with Crippen molar-refractivity contribution < 1.29 is 23.9 Å². The molecule has 0 saturated carbocycles. The van der Waals surface area contributed by atoms with Gasteiger partial charge < -0.3 is 14.7 Å². The number of carboxylic acids is 1. The highest BCUT2D eigenvalue weighted by Gasteiger charge is 2.18. The fourth-order valence-corrected chi connectivity index (χ4v) is 4.46. The molecule has 1 unspecified atom stereocenters. The van der Waals surface area contributed by atoms with Gasteiger partial charge in [-0.1, -0.05) is 41.6 Å². The molecule has 0 bridgehead atoms. The maximum Gasteiger partial charge on any atom is 0.303 e. The van der Waals surface area contributed by atoms with Gasteiger partial charge in [-0.25, -0.2) is 14.4 Å². The van der Waals surface area contributed by atoms with Gasteiger partial charge in [-0.05, 0) is 55.3 Å². The SMILES string of the molecule is O=C(O)CCCCc1nccc(-c2cc(C(O)c3ccc4ccccc4n3)on2)cccc(=O)n1-c1ccc(F)cc1. The Kier molecular flexibility index (Phi) is 8.74.